The van der Waals surface area contributed by atoms with Crippen molar-refractivity contribution in [1.29, 1.82) is 0 Å². The maximum Gasteiger partial charge on any atom is 0.276 e. The van der Waals surface area contributed by atoms with E-state index in [2.05, 4.69) is 36.1 Å². The first-order chi connectivity index (χ1) is 14.7. The molecule has 1 aliphatic rings. The Labute approximate surface area is 174 Å². The molecular weight excluding hydrogens is 382 g/mol. The van der Waals surface area contributed by atoms with E-state index in [1.807, 2.05) is 42.5 Å². The van der Waals surface area contributed by atoms with Crippen molar-refractivity contribution in [2.45, 2.75) is 18.8 Å². The van der Waals surface area contributed by atoms with E-state index >= 15 is 0 Å². The molecule has 0 saturated carbocycles. The molecular formula is C21H23N7O2. The molecule has 30 heavy (non-hydrogen) atoms. The number of benzene rings is 1. The molecule has 0 saturated heterocycles. The lowest BCUT2D eigenvalue weighted by molar-refractivity contribution is -0.116. The van der Waals surface area contributed by atoms with Gasteiger partial charge in [0, 0.05) is 50.8 Å². The SMILES string of the molecule is CN=C(NCCc1noc(-c2ccccn2)n1)NCC1CC(=O)Nc2ccccc21. The molecule has 0 fully saturated rings. The van der Waals surface area contributed by atoms with E-state index in [9.17, 15) is 4.79 Å². The van der Waals surface area contributed by atoms with Gasteiger partial charge in [0.05, 0.1) is 0 Å². The lowest BCUT2D eigenvalue weighted by Gasteiger charge is -2.26. The van der Waals surface area contributed by atoms with Gasteiger partial charge in [-0.2, -0.15) is 4.98 Å². The summed E-state index contributed by atoms with van der Waals surface area (Å²) < 4.78 is 5.27. The van der Waals surface area contributed by atoms with Crippen LogP contribution in [0.5, 0.6) is 0 Å². The van der Waals surface area contributed by atoms with Gasteiger partial charge in [0.1, 0.15) is 5.69 Å². The van der Waals surface area contributed by atoms with Gasteiger partial charge in [-0.05, 0) is 23.8 Å². The van der Waals surface area contributed by atoms with E-state index in [1.165, 1.54) is 0 Å². The van der Waals surface area contributed by atoms with Crippen LogP contribution in [0.1, 0.15) is 23.7 Å². The minimum absolute atomic E-state index is 0.0317. The van der Waals surface area contributed by atoms with Gasteiger partial charge in [0.15, 0.2) is 11.8 Å². The van der Waals surface area contributed by atoms with Crippen LogP contribution in [-0.4, -0.2) is 47.1 Å². The fraction of sp³-hybridized carbons (Fsp3) is 0.286. The topological polar surface area (TPSA) is 117 Å². The highest BCUT2D eigenvalue weighted by molar-refractivity contribution is 5.94. The van der Waals surface area contributed by atoms with Crippen LogP contribution in [0.3, 0.4) is 0 Å². The first-order valence-corrected chi connectivity index (χ1v) is 9.80. The molecule has 0 radical (unpaired) electrons. The van der Waals surface area contributed by atoms with Gasteiger partial charge < -0.3 is 20.5 Å². The molecule has 1 unspecified atom stereocenters. The maximum absolute atomic E-state index is 12.0. The highest BCUT2D eigenvalue weighted by Gasteiger charge is 2.24. The van der Waals surface area contributed by atoms with Crippen molar-refractivity contribution >= 4 is 17.6 Å². The van der Waals surface area contributed by atoms with Crippen molar-refractivity contribution in [3.8, 4) is 11.6 Å². The number of carbonyl (C=O) groups is 1. The Balaban J connectivity index is 1.28. The van der Waals surface area contributed by atoms with Gasteiger partial charge >= 0.3 is 0 Å². The predicted octanol–water partition coefficient (Wildman–Crippen LogP) is 1.97. The second-order valence-electron chi connectivity index (χ2n) is 6.90. The summed E-state index contributed by atoms with van der Waals surface area (Å²) in [7, 11) is 1.71. The molecule has 1 atom stereocenters. The zero-order valence-electron chi connectivity index (χ0n) is 16.6. The zero-order valence-corrected chi connectivity index (χ0v) is 16.6. The van der Waals surface area contributed by atoms with E-state index in [-0.39, 0.29) is 11.8 Å². The highest BCUT2D eigenvalue weighted by Crippen LogP contribution is 2.31. The molecule has 3 heterocycles. The van der Waals surface area contributed by atoms with Crippen molar-refractivity contribution in [2.75, 3.05) is 25.5 Å². The lowest BCUT2D eigenvalue weighted by atomic mass is 9.90. The summed E-state index contributed by atoms with van der Waals surface area (Å²) in [5, 5.41) is 13.5. The van der Waals surface area contributed by atoms with Crippen LogP contribution in [0.15, 0.2) is 58.2 Å². The van der Waals surface area contributed by atoms with Crippen LogP contribution in [0.2, 0.25) is 0 Å². The third kappa shape index (κ3) is 4.62. The Morgan fingerprint density at radius 2 is 2.10 bits per heavy atom. The number of anilines is 1. The number of pyridine rings is 1. The monoisotopic (exact) mass is 405 g/mol. The second kappa shape index (κ2) is 9.17. The molecule has 9 nitrogen and oxygen atoms in total. The number of hydrogen-bond acceptors (Lipinski definition) is 6. The third-order valence-electron chi connectivity index (χ3n) is 4.84. The first kappa shape index (κ1) is 19.6. The zero-order chi connectivity index (χ0) is 20.8. The van der Waals surface area contributed by atoms with Gasteiger partial charge in [-0.15, -0.1) is 0 Å². The molecule has 4 rings (SSSR count). The quantitative estimate of drug-likeness (QED) is 0.424. The summed E-state index contributed by atoms with van der Waals surface area (Å²) in [5.74, 6) is 1.78. The molecule has 154 valence electrons. The molecule has 1 amide bonds. The van der Waals surface area contributed by atoms with Gasteiger partial charge in [-0.3, -0.25) is 14.8 Å². The fourth-order valence-corrected chi connectivity index (χ4v) is 3.37. The van der Waals surface area contributed by atoms with E-state index < -0.39 is 0 Å². The molecule has 1 aliphatic heterocycles. The summed E-state index contributed by atoms with van der Waals surface area (Å²) in [6.45, 7) is 1.19. The number of amides is 1. The maximum atomic E-state index is 12.0. The van der Waals surface area contributed by atoms with Crippen molar-refractivity contribution in [2.24, 2.45) is 4.99 Å². The number of aromatic nitrogens is 3. The van der Waals surface area contributed by atoms with Crippen molar-refractivity contribution < 1.29 is 9.32 Å². The number of nitrogens with one attached hydrogen (secondary N) is 3. The smallest absolute Gasteiger partial charge is 0.276 e. The van der Waals surface area contributed by atoms with Gasteiger partial charge in [0.2, 0.25) is 5.91 Å². The first-order valence-electron chi connectivity index (χ1n) is 9.80. The Kier molecular flexibility index (Phi) is 5.98. The Morgan fingerprint density at radius 1 is 1.23 bits per heavy atom. The molecule has 0 spiro atoms. The molecule has 0 aliphatic carbocycles. The average Bonchev–Trinajstić information content (AvgIpc) is 3.25. The number of nitrogens with zero attached hydrogens (tertiary/aromatic N) is 4. The number of para-hydroxylation sites is 1. The Hall–Kier alpha value is -3.75. The summed E-state index contributed by atoms with van der Waals surface area (Å²) in [5.41, 5.74) is 2.66. The molecule has 9 heteroatoms. The summed E-state index contributed by atoms with van der Waals surface area (Å²) in [4.78, 5) is 24.8. The van der Waals surface area contributed by atoms with Gasteiger partial charge in [0.25, 0.3) is 5.89 Å². The Bertz CT molecular complexity index is 1030. The van der Waals surface area contributed by atoms with Crippen LogP contribution < -0.4 is 16.0 Å². The molecule has 0 bridgehead atoms. The minimum Gasteiger partial charge on any atom is -0.356 e. The largest absolute Gasteiger partial charge is 0.356 e. The van der Waals surface area contributed by atoms with Gasteiger partial charge in [-0.25, -0.2) is 0 Å². The second-order valence-corrected chi connectivity index (χ2v) is 6.90. The molecule has 3 aromatic rings. The number of rotatable bonds is 6. The standard InChI is InChI=1S/C21H23N7O2/c1-22-21(25-13-14-12-19(29)26-16-7-3-2-6-15(14)16)24-11-9-18-27-20(30-28-18)17-8-4-5-10-23-17/h2-8,10,14H,9,11-13H2,1H3,(H,26,29)(H2,22,24,25). The van der Waals surface area contributed by atoms with Crippen molar-refractivity contribution in [3.63, 3.8) is 0 Å². The van der Waals surface area contributed by atoms with E-state index in [1.54, 1.807) is 13.2 Å². The molecule has 2 aromatic heterocycles. The normalized spacial score (nSPS) is 16.0. The van der Waals surface area contributed by atoms with E-state index in [0.717, 1.165) is 11.3 Å². The summed E-state index contributed by atoms with van der Waals surface area (Å²) in [6.07, 6.45) is 2.70. The van der Waals surface area contributed by atoms with Gasteiger partial charge in [-0.1, -0.05) is 29.4 Å². The van der Waals surface area contributed by atoms with Crippen LogP contribution in [-0.2, 0) is 11.2 Å². The lowest BCUT2D eigenvalue weighted by Crippen LogP contribution is -2.41. The Morgan fingerprint density at radius 3 is 2.93 bits per heavy atom. The van der Waals surface area contributed by atoms with E-state index in [4.69, 9.17) is 4.52 Å². The van der Waals surface area contributed by atoms with Crippen molar-refractivity contribution in [3.05, 3.63) is 60.0 Å². The number of aliphatic imine (C=N–C) groups is 1. The predicted molar refractivity (Wildman–Crippen MR) is 113 cm³/mol. The van der Waals surface area contributed by atoms with Crippen LogP contribution in [0.25, 0.3) is 11.6 Å². The number of fused-ring (bicyclic) bond motifs is 1. The number of carbonyl (C=O) groups excluding carboxylic acids is 1. The van der Waals surface area contributed by atoms with Crippen LogP contribution >= 0.6 is 0 Å². The van der Waals surface area contributed by atoms with Crippen LogP contribution in [0, 0.1) is 0 Å². The van der Waals surface area contributed by atoms with Crippen molar-refractivity contribution in [1.82, 2.24) is 25.8 Å². The van der Waals surface area contributed by atoms with E-state index in [0.29, 0.717) is 49.3 Å². The fourth-order valence-electron chi connectivity index (χ4n) is 3.37. The molecule has 3 N–H and O–H groups in total. The number of hydrogen-bond donors (Lipinski definition) is 3. The summed E-state index contributed by atoms with van der Waals surface area (Å²) in [6, 6.07) is 13.4. The van der Waals surface area contributed by atoms with Crippen LogP contribution in [0.4, 0.5) is 5.69 Å². The number of guanidine groups is 1. The molecule has 1 aromatic carbocycles. The highest BCUT2D eigenvalue weighted by atomic mass is 16.5. The summed E-state index contributed by atoms with van der Waals surface area (Å²) >= 11 is 0. The average molecular weight is 405 g/mol. The third-order valence-corrected chi connectivity index (χ3v) is 4.84. The minimum atomic E-state index is 0.0317.